The number of hydrogen-bond donors (Lipinski definition) is 0. The molecule has 0 spiro atoms. The summed E-state index contributed by atoms with van der Waals surface area (Å²) in [5, 5.41) is 0.733. The standard InChI is InChI=1S/C21H25ClN2OS/c1-24(2)16-6-5-15-23-21(25)14-9-17-7-3-4-8-20(17)26-19-12-10-18(22)11-13-19/h3-4,7-8,10-13,15H,5-6,9,14,16H2,1-2H3. The number of halogens is 1. The molecule has 0 N–H and O–H groups in total. The van der Waals surface area contributed by atoms with Crippen LogP contribution >= 0.6 is 23.4 Å². The zero-order valence-corrected chi connectivity index (χ0v) is 16.9. The van der Waals surface area contributed by atoms with Crippen molar-refractivity contribution in [3.8, 4) is 0 Å². The van der Waals surface area contributed by atoms with Crippen molar-refractivity contribution in [3.05, 3.63) is 59.1 Å². The Morgan fingerprint density at radius 2 is 1.88 bits per heavy atom. The van der Waals surface area contributed by atoms with Gasteiger partial charge in [0.2, 0.25) is 5.91 Å². The number of benzene rings is 2. The summed E-state index contributed by atoms with van der Waals surface area (Å²) in [5.74, 6) is -0.0545. The normalized spacial score (nSPS) is 11.4. The molecule has 0 aromatic heterocycles. The maximum Gasteiger partial charge on any atom is 0.245 e. The summed E-state index contributed by atoms with van der Waals surface area (Å²) in [5.41, 5.74) is 1.17. The van der Waals surface area contributed by atoms with Gasteiger partial charge in [-0.15, -0.1) is 0 Å². The number of rotatable bonds is 9. The van der Waals surface area contributed by atoms with Gasteiger partial charge in [-0.2, -0.15) is 0 Å². The number of carbonyl (C=O) groups is 1. The van der Waals surface area contributed by atoms with E-state index in [1.54, 1.807) is 18.0 Å². The topological polar surface area (TPSA) is 32.7 Å². The minimum Gasteiger partial charge on any atom is -0.309 e. The van der Waals surface area contributed by atoms with Gasteiger partial charge in [-0.1, -0.05) is 41.6 Å². The molecule has 2 aromatic rings. The van der Waals surface area contributed by atoms with E-state index in [-0.39, 0.29) is 5.91 Å². The van der Waals surface area contributed by atoms with E-state index in [1.165, 1.54) is 5.56 Å². The average Bonchev–Trinajstić information content (AvgIpc) is 2.62. The summed E-state index contributed by atoms with van der Waals surface area (Å²) >= 11 is 7.63. The van der Waals surface area contributed by atoms with Crippen LogP contribution in [0.25, 0.3) is 0 Å². The summed E-state index contributed by atoms with van der Waals surface area (Å²) in [4.78, 5) is 20.5. The maximum absolute atomic E-state index is 12.0. The monoisotopic (exact) mass is 388 g/mol. The number of hydrogen-bond acceptors (Lipinski definition) is 3. The molecular formula is C21H25ClN2OS. The first-order valence-electron chi connectivity index (χ1n) is 8.76. The lowest BCUT2D eigenvalue weighted by Gasteiger charge is -2.08. The summed E-state index contributed by atoms with van der Waals surface area (Å²) in [6.07, 6.45) is 4.74. The molecule has 5 heteroatoms. The number of unbranched alkanes of at least 4 members (excludes halogenated alkanes) is 1. The number of amides is 1. The highest BCUT2D eigenvalue weighted by molar-refractivity contribution is 7.99. The van der Waals surface area contributed by atoms with Gasteiger partial charge in [0, 0.05) is 27.4 Å². The Hall–Kier alpha value is -1.62. The van der Waals surface area contributed by atoms with Crippen molar-refractivity contribution in [1.82, 2.24) is 4.90 Å². The van der Waals surface area contributed by atoms with E-state index < -0.39 is 0 Å². The second-order valence-corrected chi connectivity index (χ2v) is 7.87. The Morgan fingerprint density at radius 1 is 1.15 bits per heavy atom. The summed E-state index contributed by atoms with van der Waals surface area (Å²) in [6, 6.07) is 16.0. The third-order valence-electron chi connectivity index (χ3n) is 3.80. The molecule has 26 heavy (non-hydrogen) atoms. The van der Waals surface area contributed by atoms with Crippen LogP contribution in [0.4, 0.5) is 0 Å². The minimum atomic E-state index is -0.0545. The van der Waals surface area contributed by atoms with Gasteiger partial charge in [0.05, 0.1) is 0 Å². The van der Waals surface area contributed by atoms with Crippen LogP contribution in [0.15, 0.2) is 63.3 Å². The number of carbonyl (C=O) groups excluding carboxylic acids is 1. The van der Waals surface area contributed by atoms with Crippen molar-refractivity contribution in [2.24, 2.45) is 4.99 Å². The van der Waals surface area contributed by atoms with E-state index in [4.69, 9.17) is 11.6 Å². The van der Waals surface area contributed by atoms with Crippen LogP contribution in [0.3, 0.4) is 0 Å². The second-order valence-electron chi connectivity index (χ2n) is 6.31. The molecule has 0 radical (unpaired) electrons. The highest BCUT2D eigenvalue weighted by atomic mass is 35.5. The fourth-order valence-corrected chi connectivity index (χ4v) is 3.51. The zero-order chi connectivity index (χ0) is 18.8. The van der Waals surface area contributed by atoms with Gasteiger partial charge in [0.25, 0.3) is 0 Å². The van der Waals surface area contributed by atoms with Crippen molar-refractivity contribution in [2.45, 2.75) is 35.5 Å². The van der Waals surface area contributed by atoms with Crippen LogP contribution in [0.1, 0.15) is 24.8 Å². The SMILES string of the molecule is CN(C)CCCC=NC(=O)CCc1ccccc1Sc1ccc(Cl)cc1. The van der Waals surface area contributed by atoms with Crippen molar-refractivity contribution in [1.29, 1.82) is 0 Å². The molecule has 0 fully saturated rings. The molecule has 0 aliphatic heterocycles. The zero-order valence-electron chi connectivity index (χ0n) is 15.3. The quantitative estimate of drug-likeness (QED) is 0.428. The highest BCUT2D eigenvalue weighted by Gasteiger charge is 2.07. The Balaban J connectivity index is 1.86. The van der Waals surface area contributed by atoms with Crippen LogP contribution < -0.4 is 0 Å². The molecule has 0 saturated heterocycles. The Morgan fingerprint density at radius 3 is 2.62 bits per heavy atom. The Kier molecular flexibility index (Phi) is 8.89. The molecule has 138 valence electrons. The lowest BCUT2D eigenvalue weighted by molar-refractivity contribution is -0.117. The van der Waals surface area contributed by atoms with Crippen LogP contribution in [0.2, 0.25) is 5.02 Å². The predicted molar refractivity (Wildman–Crippen MR) is 112 cm³/mol. The Labute approximate surface area is 165 Å². The van der Waals surface area contributed by atoms with Gasteiger partial charge in [-0.05, 0) is 75.8 Å². The molecule has 0 unspecified atom stereocenters. The van der Waals surface area contributed by atoms with Gasteiger partial charge in [-0.25, -0.2) is 4.99 Å². The fraction of sp³-hybridized carbons (Fsp3) is 0.333. The first kappa shape index (κ1) is 20.7. The molecule has 0 bridgehead atoms. The summed E-state index contributed by atoms with van der Waals surface area (Å²) < 4.78 is 0. The highest BCUT2D eigenvalue weighted by Crippen LogP contribution is 2.31. The van der Waals surface area contributed by atoms with Gasteiger partial charge >= 0.3 is 0 Å². The van der Waals surface area contributed by atoms with Crippen LogP contribution in [-0.4, -0.2) is 37.7 Å². The van der Waals surface area contributed by atoms with Gasteiger partial charge in [-0.3, -0.25) is 4.79 Å². The van der Waals surface area contributed by atoms with Gasteiger partial charge in [0.15, 0.2) is 0 Å². The molecule has 2 aromatic carbocycles. The van der Waals surface area contributed by atoms with Crippen molar-refractivity contribution >= 4 is 35.5 Å². The summed E-state index contributed by atoms with van der Waals surface area (Å²) in [6.45, 7) is 1.01. The van der Waals surface area contributed by atoms with Crippen LogP contribution in [0.5, 0.6) is 0 Å². The van der Waals surface area contributed by atoms with Crippen molar-refractivity contribution < 1.29 is 4.79 Å². The Bertz CT molecular complexity index is 729. The van der Waals surface area contributed by atoms with Gasteiger partial charge in [0.1, 0.15) is 0 Å². The molecular weight excluding hydrogens is 364 g/mol. The number of aryl methyl sites for hydroxylation is 1. The second kappa shape index (κ2) is 11.2. The molecule has 0 aliphatic carbocycles. The van der Waals surface area contributed by atoms with E-state index in [1.807, 2.05) is 50.5 Å². The maximum atomic E-state index is 12.0. The van der Waals surface area contributed by atoms with E-state index in [0.29, 0.717) is 12.8 Å². The lowest BCUT2D eigenvalue weighted by Crippen LogP contribution is -2.12. The van der Waals surface area contributed by atoms with Crippen molar-refractivity contribution in [2.75, 3.05) is 20.6 Å². The van der Waals surface area contributed by atoms with E-state index in [2.05, 4.69) is 22.0 Å². The van der Waals surface area contributed by atoms with Crippen molar-refractivity contribution in [3.63, 3.8) is 0 Å². The lowest BCUT2D eigenvalue weighted by atomic mass is 10.1. The minimum absolute atomic E-state index is 0.0545. The van der Waals surface area contributed by atoms with Crippen LogP contribution in [0, 0.1) is 0 Å². The molecule has 1 amide bonds. The van der Waals surface area contributed by atoms with Gasteiger partial charge < -0.3 is 4.90 Å². The van der Waals surface area contributed by atoms with E-state index in [9.17, 15) is 4.79 Å². The van der Waals surface area contributed by atoms with E-state index in [0.717, 1.165) is 34.2 Å². The number of nitrogens with zero attached hydrogens (tertiary/aromatic N) is 2. The third kappa shape index (κ3) is 7.73. The molecule has 0 saturated carbocycles. The first-order valence-corrected chi connectivity index (χ1v) is 9.95. The molecule has 2 rings (SSSR count). The molecule has 0 heterocycles. The third-order valence-corrected chi connectivity index (χ3v) is 5.17. The van der Waals surface area contributed by atoms with E-state index >= 15 is 0 Å². The first-order chi connectivity index (χ1) is 12.5. The number of aliphatic imine (C=N–C) groups is 1. The molecule has 3 nitrogen and oxygen atoms in total. The summed E-state index contributed by atoms with van der Waals surface area (Å²) in [7, 11) is 4.09. The smallest absolute Gasteiger partial charge is 0.245 e. The molecule has 0 atom stereocenters. The average molecular weight is 389 g/mol. The fourth-order valence-electron chi connectivity index (χ4n) is 2.41. The predicted octanol–water partition coefficient (Wildman–Crippen LogP) is 5.36. The largest absolute Gasteiger partial charge is 0.309 e. The van der Waals surface area contributed by atoms with Crippen LogP contribution in [-0.2, 0) is 11.2 Å². The molecule has 0 aliphatic rings.